The van der Waals surface area contributed by atoms with Crippen molar-refractivity contribution >= 4 is 24.0 Å². The molecule has 0 spiro atoms. The number of hydrogen-bond acceptors (Lipinski definition) is 7. The Morgan fingerprint density at radius 3 is 2.37 bits per heavy atom. The number of likely N-dealkylation sites (tertiary alicyclic amines) is 1. The lowest BCUT2D eigenvalue weighted by atomic mass is 10.0. The van der Waals surface area contributed by atoms with Crippen molar-refractivity contribution in [1.82, 2.24) is 4.90 Å². The maximum Gasteiger partial charge on any atom is 0.286 e. The fourth-order valence-corrected chi connectivity index (χ4v) is 2.92. The van der Waals surface area contributed by atoms with E-state index in [4.69, 9.17) is 19.9 Å². The molecule has 0 unspecified atom stereocenters. The van der Waals surface area contributed by atoms with E-state index in [1.807, 2.05) is 0 Å². The third kappa shape index (κ3) is 5.69. The van der Waals surface area contributed by atoms with Gasteiger partial charge in [0.05, 0.1) is 31.3 Å². The molecule has 0 aliphatic carbocycles. The van der Waals surface area contributed by atoms with Crippen LogP contribution in [0.25, 0.3) is 0 Å². The second-order valence-corrected chi connectivity index (χ2v) is 5.99. The van der Waals surface area contributed by atoms with Gasteiger partial charge in [0.1, 0.15) is 5.56 Å². The maximum atomic E-state index is 12.8. The van der Waals surface area contributed by atoms with Crippen LogP contribution >= 0.6 is 12.4 Å². The van der Waals surface area contributed by atoms with E-state index in [1.54, 1.807) is 4.90 Å². The first-order chi connectivity index (χ1) is 12.5. The zero-order valence-electron chi connectivity index (χ0n) is 15.5. The summed E-state index contributed by atoms with van der Waals surface area (Å²) in [4.78, 5) is 25.2. The van der Waals surface area contributed by atoms with Crippen LogP contribution in [0.5, 0.6) is 11.5 Å². The third-order valence-electron chi connectivity index (χ3n) is 4.36. The largest absolute Gasteiger partial charge is 0.493 e. The zero-order valence-corrected chi connectivity index (χ0v) is 16.3. The van der Waals surface area contributed by atoms with Gasteiger partial charge in [-0.05, 0) is 25.8 Å². The molecule has 2 N–H and O–H groups in total. The van der Waals surface area contributed by atoms with Crippen LogP contribution in [-0.2, 0) is 4.74 Å². The van der Waals surface area contributed by atoms with Crippen LogP contribution in [0.2, 0.25) is 0 Å². The molecule has 9 nitrogen and oxygen atoms in total. The summed E-state index contributed by atoms with van der Waals surface area (Å²) in [5, 5.41) is 11.4. The highest BCUT2D eigenvalue weighted by molar-refractivity contribution is 5.99. The topological polar surface area (TPSA) is 117 Å². The Labute approximate surface area is 164 Å². The number of ether oxygens (including phenoxy) is 3. The van der Waals surface area contributed by atoms with Crippen LogP contribution in [0.4, 0.5) is 5.69 Å². The normalized spacial score (nSPS) is 14.4. The number of nitrogens with zero attached hydrogens (tertiary/aromatic N) is 2. The van der Waals surface area contributed by atoms with E-state index in [0.29, 0.717) is 39.1 Å². The number of methoxy groups -OCH3 is 2. The number of carbonyl (C=O) groups is 1. The molecular formula is C17H26ClN3O6. The lowest BCUT2D eigenvalue weighted by Crippen LogP contribution is -2.41. The molecule has 1 aliphatic heterocycles. The highest BCUT2D eigenvalue weighted by atomic mass is 35.5. The van der Waals surface area contributed by atoms with E-state index in [1.165, 1.54) is 26.4 Å². The molecule has 0 bridgehead atoms. The lowest BCUT2D eigenvalue weighted by Gasteiger charge is -2.32. The first-order valence-corrected chi connectivity index (χ1v) is 8.53. The van der Waals surface area contributed by atoms with Gasteiger partial charge in [0.2, 0.25) is 0 Å². The van der Waals surface area contributed by atoms with Crippen molar-refractivity contribution in [1.29, 1.82) is 0 Å². The summed E-state index contributed by atoms with van der Waals surface area (Å²) in [6, 6.07) is 2.58. The van der Waals surface area contributed by atoms with E-state index in [9.17, 15) is 14.9 Å². The number of nitro groups is 1. The van der Waals surface area contributed by atoms with Crippen LogP contribution in [0.1, 0.15) is 29.6 Å². The Balaban J connectivity index is 0.00000364. The molecule has 1 fully saturated rings. The van der Waals surface area contributed by atoms with Gasteiger partial charge < -0.3 is 24.8 Å². The summed E-state index contributed by atoms with van der Waals surface area (Å²) < 4.78 is 16.0. The number of halogens is 1. The molecule has 0 radical (unpaired) electrons. The molecular weight excluding hydrogens is 378 g/mol. The van der Waals surface area contributed by atoms with Gasteiger partial charge in [0, 0.05) is 25.8 Å². The first kappa shape index (κ1) is 22.9. The Hall–Kier alpha value is -2.10. The maximum absolute atomic E-state index is 12.8. The fraction of sp³-hybridized carbons (Fsp3) is 0.588. The molecule has 152 valence electrons. The summed E-state index contributed by atoms with van der Waals surface area (Å²) in [6.07, 6.45) is 2.28. The van der Waals surface area contributed by atoms with Gasteiger partial charge in [-0.2, -0.15) is 0 Å². The quantitative estimate of drug-likeness (QED) is 0.400. The van der Waals surface area contributed by atoms with Gasteiger partial charge in [-0.25, -0.2) is 0 Å². The van der Waals surface area contributed by atoms with Crippen molar-refractivity contribution in [2.75, 3.05) is 40.5 Å². The van der Waals surface area contributed by atoms with Gasteiger partial charge in [-0.15, -0.1) is 12.4 Å². The summed E-state index contributed by atoms with van der Waals surface area (Å²) in [6.45, 7) is 2.16. The SMILES string of the molecule is COc1cc(C(=O)N2CCC(OCCCN)CC2)c([N+](=O)[O-])cc1OC.Cl. The molecule has 10 heteroatoms. The van der Waals surface area contributed by atoms with E-state index in [2.05, 4.69) is 0 Å². The van der Waals surface area contributed by atoms with Gasteiger partial charge >= 0.3 is 0 Å². The van der Waals surface area contributed by atoms with Crippen LogP contribution in [0.15, 0.2) is 12.1 Å². The van der Waals surface area contributed by atoms with Gasteiger partial charge in [0.25, 0.3) is 11.6 Å². The molecule has 1 aromatic carbocycles. The number of nitro benzene ring substituents is 1. The minimum absolute atomic E-state index is 0. The van der Waals surface area contributed by atoms with Crippen molar-refractivity contribution in [3.63, 3.8) is 0 Å². The molecule has 1 aromatic rings. The Kier molecular flexibility index (Phi) is 9.27. The summed E-state index contributed by atoms with van der Waals surface area (Å²) >= 11 is 0. The predicted octanol–water partition coefficient (Wildman–Crippen LogP) is 2.00. The van der Waals surface area contributed by atoms with Crippen LogP contribution in [-0.4, -0.2) is 62.3 Å². The molecule has 27 heavy (non-hydrogen) atoms. The number of hydrogen-bond donors (Lipinski definition) is 1. The van der Waals surface area contributed by atoms with Gasteiger partial charge in [-0.3, -0.25) is 14.9 Å². The van der Waals surface area contributed by atoms with E-state index in [-0.39, 0.29) is 41.3 Å². The number of carbonyl (C=O) groups excluding carboxylic acids is 1. The minimum Gasteiger partial charge on any atom is -0.493 e. The van der Waals surface area contributed by atoms with E-state index in [0.717, 1.165) is 6.42 Å². The molecule has 1 amide bonds. The Morgan fingerprint density at radius 1 is 1.26 bits per heavy atom. The number of rotatable bonds is 8. The second-order valence-electron chi connectivity index (χ2n) is 5.99. The van der Waals surface area contributed by atoms with Crippen LogP contribution in [0, 0.1) is 10.1 Å². The average Bonchev–Trinajstić information content (AvgIpc) is 2.67. The standard InChI is InChI=1S/C17H25N3O6.ClH/c1-24-15-10-13(14(20(22)23)11-16(15)25-2)17(21)19-7-4-12(5-8-19)26-9-3-6-18;/h10-12H,3-9,18H2,1-2H3;1H. The Morgan fingerprint density at radius 2 is 1.85 bits per heavy atom. The summed E-state index contributed by atoms with van der Waals surface area (Å²) in [7, 11) is 2.81. The average molecular weight is 404 g/mol. The van der Waals surface area contributed by atoms with Crippen molar-refractivity contribution in [3.8, 4) is 11.5 Å². The molecule has 2 rings (SSSR count). The van der Waals surface area contributed by atoms with Crippen LogP contribution in [0.3, 0.4) is 0 Å². The Bertz CT molecular complexity index is 650. The summed E-state index contributed by atoms with van der Waals surface area (Å²) in [5.41, 5.74) is 5.14. The minimum atomic E-state index is -0.585. The van der Waals surface area contributed by atoms with Crippen molar-refractivity contribution in [2.24, 2.45) is 5.73 Å². The monoisotopic (exact) mass is 403 g/mol. The fourth-order valence-electron chi connectivity index (χ4n) is 2.92. The lowest BCUT2D eigenvalue weighted by molar-refractivity contribution is -0.385. The number of nitrogens with two attached hydrogens (primary N) is 1. The predicted molar refractivity (Wildman–Crippen MR) is 102 cm³/mol. The second kappa shape index (κ2) is 10.9. The molecule has 1 heterocycles. The molecule has 1 saturated heterocycles. The van der Waals surface area contributed by atoms with Gasteiger partial charge in [-0.1, -0.05) is 0 Å². The highest BCUT2D eigenvalue weighted by Gasteiger charge is 2.30. The van der Waals surface area contributed by atoms with Crippen molar-refractivity contribution in [2.45, 2.75) is 25.4 Å². The summed E-state index contributed by atoms with van der Waals surface area (Å²) in [5.74, 6) is 0.0993. The van der Waals surface area contributed by atoms with Crippen molar-refractivity contribution < 1.29 is 23.9 Å². The van der Waals surface area contributed by atoms with Gasteiger partial charge in [0.15, 0.2) is 11.5 Å². The highest BCUT2D eigenvalue weighted by Crippen LogP contribution is 2.35. The molecule has 0 atom stereocenters. The molecule has 0 aromatic heterocycles. The molecule has 0 saturated carbocycles. The van der Waals surface area contributed by atoms with E-state index < -0.39 is 10.8 Å². The smallest absolute Gasteiger partial charge is 0.286 e. The van der Waals surface area contributed by atoms with E-state index >= 15 is 0 Å². The third-order valence-corrected chi connectivity index (χ3v) is 4.36. The van der Waals surface area contributed by atoms with Crippen LogP contribution < -0.4 is 15.2 Å². The van der Waals surface area contributed by atoms with Crippen molar-refractivity contribution in [3.05, 3.63) is 27.8 Å². The zero-order chi connectivity index (χ0) is 19.1. The number of benzene rings is 1. The molecule has 1 aliphatic rings. The number of amides is 1. The first-order valence-electron chi connectivity index (χ1n) is 8.53. The number of piperidine rings is 1.